The van der Waals surface area contributed by atoms with E-state index in [1.807, 2.05) is 11.8 Å². The molecule has 0 radical (unpaired) electrons. The maximum atomic E-state index is 13.0. The zero-order chi connectivity index (χ0) is 19.3. The van der Waals surface area contributed by atoms with E-state index in [0.29, 0.717) is 43.8 Å². The van der Waals surface area contributed by atoms with E-state index < -0.39 is 5.54 Å². The minimum Gasteiger partial charge on any atom is -0.361 e. The van der Waals surface area contributed by atoms with Gasteiger partial charge in [-0.2, -0.15) is 0 Å². The molecule has 8 nitrogen and oxygen atoms in total. The zero-order valence-corrected chi connectivity index (χ0v) is 16.1. The molecule has 2 amide bonds. The Morgan fingerprint density at radius 2 is 2.07 bits per heavy atom. The van der Waals surface area contributed by atoms with Gasteiger partial charge in [0.15, 0.2) is 5.69 Å². The average molecular weight is 383 g/mol. The van der Waals surface area contributed by atoms with Crippen molar-refractivity contribution in [3.05, 3.63) is 35.2 Å². The van der Waals surface area contributed by atoms with Crippen LogP contribution in [0.3, 0.4) is 0 Å². The molecule has 1 aliphatic carbocycles. The van der Waals surface area contributed by atoms with Crippen LogP contribution in [0.2, 0.25) is 0 Å². The smallest absolute Gasteiger partial charge is 0.276 e. The molecular weight excluding hydrogens is 358 g/mol. The van der Waals surface area contributed by atoms with Crippen LogP contribution < -0.4 is 0 Å². The lowest BCUT2D eigenvalue weighted by molar-refractivity contribution is -0.143. The Labute approximate surface area is 163 Å². The Morgan fingerprint density at radius 3 is 2.75 bits per heavy atom. The summed E-state index contributed by atoms with van der Waals surface area (Å²) in [7, 11) is 0. The first-order valence-corrected chi connectivity index (χ1v) is 10.2. The number of nitrogens with one attached hydrogen (secondary N) is 1. The lowest BCUT2D eigenvalue weighted by atomic mass is 9.78. The van der Waals surface area contributed by atoms with Crippen LogP contribution in [0.4, 0.5) is 0 Å². The minimum absolute atomic E-state index is 0.101. The van der Waals surface area contributed by atoms with Crippen molar-refractivity contribution in [1.29, 1.82) is 0 Å². The topological polar surface area (TPSA) is 95.3 Å². The quantitative estimate of drug-likeness (QED) is 0.873. The Bertz CT molecular complexity index is 905. The van der Waals surface area contributed by atoms with E-state index in [2.05, 4.69) is 20.0 Å². The first-order chi connectivity index (χ1) is 13.6. The van der Waals surface area contributed by atoms with Crippen molar-refractivity contribution in [3.8, 4) is 0 Å². The molecule has 4 heterocycles. The highest BCUT2D eigenvalue weighted by Crippen LogP contribution is 2.45. The predicted molar refractivity (Wildman–Crippen MR) is 99.4 cm³/mol. The van der Waals surface area contributed by atoms with Crippen LogP contribution in [0.1, 0.15) is 60.2 Å². The number of aromatic nitrogens is 3. The molecule has 2 fully saturated rings. The van der Waals surface area contributed by atoms with Crippen LogP contribution in [0.25, 0.3) is 0 Å². The lowest BCUT2D eigenvalue weighted by Gasteiger charge is -2.50. The summed E-state index contributed by atoms with van der Waals surface area (Å²) in [6, 6.07) is 1.72. The molecule has 0 aromatic carbocycles. The number of carbonyl (C=O) groups is 2. The third-order valence-corrected chi connectivity index (χ3v) is 6.46. The van der Waals surface area contributed by atoms with Gasteiger partial charge in [0.05, 0.1) is 17.6 Å². The normalized spacial score (nSPS) is 21.0. The van der Waals surface area contributed by atoms with Gasteiger partial charge in [0.1, 0.15) is 5.76 Å². The third kappa shape index (κ3) is 2.65. The summed E-state index contributed by atoms with van der Waals surface area (Å²) in [5.41, 5.74) is 2.09. The number of imidazole rings is 1. The largest absolute Gasteiger partial charge is 0.361 e. The first-order valence-electron chi connectivity index (χ1n) is 10.2. The predicted octanol–water partition coefficient (Wildman–Crippen LogP) is 1.89. The minimum atomic E-state index is -0.400. The molecule has 1 saturated carbocycles. The van der Waals surface area contributed by atoms with Crippen molar-refractivity contribution in [3.63, 3.8) is 0 Å². The molecule has 3 aliphatic rings. The number of rotatable bonds is 3. The number of hydrogen-bond donors (Lipinski definition) is 1. The number of likely N-dealkylation sites (tertiary alicyclic amines) is 1. The first kappa shape index (κ1) is 17.5. The number of aryl methyl sites for hydroxylation is 1. The summed E-state index contributed by atoms with van der Waals surface area (Å²) in [5.74, 6) is 1.06. The van der Waals surface area contributed by atoms with Crippen molar-refractivity contribution >= 4 is 11.8 Å². The van der Waals surface area contributed by atoms with Crippen molar-refractivity contribution in [2.75, 3.05) is 19.6 Å². The molecule has 2 aromatic rings. The number of aromatic amines is 1. The van der Waals surface area contributed by atoms with Gasteiger partial charge < -0.3 is 19.3 Å². The molecule has 5 rings (SSSR count). The second-order valence-electron chi connectivity index (χ2n) is 8.10. The number of hydrogen-bond acceptors (Lipinski definition) is 5. The number of carbonyl (C=O) groups excluding carboxylic acids is 2. The number of fused-ring (bicyclic) bond motifs is 2. The van der Waals surface area contributed by atoms with Gasteiger partial charge >= 0.3 is 0 Å². The van der Waals surface area contributed by atoms with Gasteiger partial charge in [0, 0.05) is 50.2 Å². The van der Waals surface area contributed by atoms with Gasteiger partial charge in [-0.1, -0.05) is 12.1 Å². The molecular formula is C20H25N5O3. The number of H-pyrrole nitrogens is 1. The molecule has 28 heavy (non-hydrogen) atoms. The van der Waals surface area contributed by atoms with Crippen molar-refractivity contribution in [1.82, 2.24) is 24.9 Å². The zero-order valence-electron chi connectivity index (χ0n) is 16.1. The van der Waals surface area contributed by atoms with Gasteiger partial charge in [-0.15, -0.1) is 0 Å². The SMILES string of the molecule is CCc1cc(C(=O)N2CCC3(CC2)c2nc[nH]c2CCN3C(=O)C2CC2)no1. The van der Waals surface area contributed by atoms with E-state index in [0.717, 1.165) is 37.2 Å². The molecule has 0 atom stereocenters. The Morgan fingerprint density at radius 1 is 1.29 bits per heavy atom. The molecule has 1 N–H and O–H groups in total. The molecule has 8 heteroatoms. The van der Waals surface area contributed by atoms with Crippen LogP contribution in [0.15, 0.2) is 16.9 Å². The molecule has 0 unspecified atom stereocenters. The monoisotopic (exact) mass is 383 g/mol. The second kappa shape index (κ2) is 6.46. The van der Waals surface area contributed by atoms with Crippen molar-refractivity contribution < 1.29 is 14.1 Å². The van der Waals surface area contributed by atoms with Crippen molar-refractivity contribution in [2.45, 2.75) is 51.0 Å². The standard InChI is InChI=1S/C20H25N5O3/c1-2-14-11-16(23-28-14)19(27)24-9-6-20(7-10-24)17-15(21-12-22-17)5-8-25(20)18(26)13-3-4-13/h11-13H,2-10H2,1H3,(H,21,22). The van der Waals surface area contributed by atoms with E-state index >= 15 is 0 Å². The van der Waals surface area contributed by atoms with E-state index in [9.17, 15) is 9.59 Å². The van der Waals surface area contributed by atoms with Crippen molar-refractivity contribution in [2.24, 2.45) is 5.92 Å². The van der Waals surface area contributed by atoms with Crippen LogP contribution >= 0.6 is 0 Å². The summed E-state index contributed by atoms with van der Waals surface area (Å²) < 4.78 is 5.19. The third-order valence-electron chi connectivity index (χ3n) is 6.46. The maximum absolute atomic E-state index is 13.0. The van der Waals surface area contributed by atoms with Gasteiger partial charge in [0.25, 0.3) is 5.91 Å². The molecule has 148 valence electrons. The van der Waals surface area contributed by atoms with Crippen LogP contribution in [0, 0.1) is 5.92 Å². The lowest BCUT2D eigenvalue weighted by Crippen LogP contribution is -2.59. The highest BCUT2D eigenvalue weighted by molar-refractivity contribution is 5.92. The summed E-state index contributed by atoms with van der Waals surface area (Å²) in [6.07, 6.45) is 6.66. The average Bonchev–Trinajstić information content (AvgIpc) is 3.26. The van der Waals surface area contributed by atoms with Gasteiger partial charge in [-0.3, -0.25) is 9.59 Å². The summed E-state index contributed by atoms with van der Waals surface area (Å²) in [6.45, 7) is 3.85. The number of amides is 2. The Hall–Kier alpha value is -2.64. The van der Waals surface area contributed by atoms with Crippen LogP contribution in [-0.2, 0) is 23.2 Å². The summed E-state index contributed by atoms with van der Waals surface area (Å²) in [5, 5.41) is 3.92. The maximum Gasteiger partial charge on any atom is 0.276 e. The van der Waals surface area contributed by atoms with Gasteiger partial charge in [-0.25, -0.2) is 4.98 Å². The highest BCUT2D eigenvalue weighted by atomic mass is 16.5. The van der Waals surface area contributed by atoms with E-state index in [1.54, 1.807) is 12.4 Å². The summed E-state index contributed by atoms with van der Waals surface area (Å²) >= 11 is 0. The fraction of sp³-hybridized carbons (Fsp3) is 0.600. The molecule has 0 bridgehead atoms. The molecule has 1 saturated heterocycles. The van der Waals surface area contributed by atoms with E-state index in [4.69, 9.17) is 4.52 Å². The van der Waals surface area contributed by atoms with Crippen LogP contribution in [0.5, 0.6) is 0 Å². The molecule has 2 aromatic heterocycles. The highest BCUT2D eigenvalue weighted by Gasteiger charge is 2.51. The Balaban J connectivity index is 1.39. The number of nitrogens with zero attached hydrogens (tertiary/aromatic N) is 4. The van der Waals surface area contributed by atoms with Gasteiger partial charge in [-0.05, 0) is 25.7 Å². The fourth-order valence-corrected chi connectivity index (χ4v) is 4.68. The van der Waals surface area contributed by atoms with E-state index in [-0.39, 0.29) is 17.7 Å². The fourth-order valence-electron chi connectivity index (χ4n) is 4.68. The summed E-state index contributed by atoms with van der Waals surface area (Å²) in [4.78, 5) is 37.6. The van der Waals surface area contributed by atoms with Gasteiger partial charge in [0.2, 0.25) is 5.91 Å². The Kier molecular flexibility index (Phi) is 4.03. The molecule has 1 spiro atoms. The van der Waals surface area contributed by atoms with Crippen LogP contribution in [-0.4, -0.2) is 56.4 Å². The molecule has 2 aliphatic heterocycles. The second-order valence-corrected chi connectivity index (χ2v) is 8.10. The number of piperidine rings is 1. The van der Waals surface area contributed by atoms with E-state index in [1.165, 1.54) is 0 Å².